The molecule has 5 heteroatoms. The molecule has 2 nitrogen and oxygen atoms in total. The van der Waals surface area contributed by atoms with E-state index in [4.69, 9.17) is 0 Å². The molecular formula is C14H15F3N2. The van der Waals surface area contributed by atoms with Crippen LogP contribution in [-0.4, -0.2) is 9.78 Å². The number of halogens is 3. The first-order chi connectivity index (χ1) is 8.97. The van der Waals surface area contributed by atoms with Gasteiger partial charge in [-0.15, -0.1) is 0 Å². The maximum atomic E-state index is 12.6. The molecule has 2 aromatic rings. The van der Waals surface area contributed by atoms with Gasteiger partial charge >= 0.3 is 6.18 Å². The zero-order valence-corrected chi connectivity index (χ0v) is 10.6. The molecule has 0 aliphatic rings. The fraction of sp³-hybridized carbons (Fsp3) is 0.357. The highest BCUT2D eigenvalue weighted by molar-refractivity contribution is 5.16. The first-order valence-corrected chi connectivity index (χ1v) is 6.11. The van der Waals surface area contributed by atoms with Crippen LogP contribution in [0.2, 0.25) is 0 Å². The molecule has 102 valence electrons. The molecule has 0 radical (unpaired) electrons. The second kappa shape index (κ2) is 5.47. The quantitative estimate of drug-likeness (QED) is 0.828. The summed E-state index contributed by atoms with van der Waals surface area (Å²) in [7, 11) is 1.32. The van der Waals surface area contributed by atoms with Crippen molar-refractivity contribution < 1.29 is 13.2 Å². The minimum Gasteiger partial charge on any atom is -0.263 e. The van der Waals surface area contributed by atoms with Crippen LogP contribution in [0.15, 0.2) is 36.4 Å². The van der Waals surface area contributed by atoms with Crippen molar-refractivity contribution in [1.29, 1.82) is 0 Å². The molecule has 0 spiro atoms. The van der Waals surface area contributed by atoms with Crippen molar-refractivity contribution >= 4 is 0 Å². The SMILES string of the molecule is Cn1nc(CCCc2ccccc2)cc1C(F)(F)F. The molecule has 0 atom stereocenters. The molecule has 0 saturated heterocycles. The molecule has 0 fully saturated rings. The summed E-state index contributed by atoms with van der Waals surface area (Å²) in [5.74, 6) is 0. The average Bonchev–Trinajstić information content (AvgIpc) is 2.72. The third-order valence-electron chi connectivity index (χ3n) is 2.96. The van der Waals surface area contributed by atoms with Crippen molar-refractivity contribution in [2.75, 3.05) is 0 Å². The molecule has 0 aliphatic heterocycles. The summed E-state index contributed by atoms with van der Waals surface area (Å²) >= 11 is 0. The Balaban J connectivity index is 1.94. The molecule has 0 bridgehead atoms. The first kappa shape index (κ1) is 13.6. The van der Waals surface area contributed by atoms with Gasteiger partial charge in [-0.1, -0.05) is 30.3 Å². The normalized spacial score (nSPS) is 11.8. The largest absolute Gasteiger partial charge is 0.433 e. The predicted octanol–water partition coefficient (Wildman–Crippen LogP) is 3.61. The van der Waals surface area contributed by atoms with Crippen molar-refractivity contribution in [1.82, 2.24) is 9.78 Å². The van der Waals surface area contributed by atoms with Crippen molar-refractivity contribution in [3.05, 3.63) is 53.3 Å². The van der Waals surface area contributed by atoms with Gasteiger partial charge in [0.25, 0.3) is 0 Å². The highest BCUT2D eigenvalue weighted by Crippen LogP contribution is 2.29. The van der Waals surface area contributed by atoms with Crippen LogP contribution in [0.4, 0.5) is 13.2 Å². The molecule has 19 heavy (non-hydrogen) atoms. The number of hydrogen-bond donors (Lipinski definition) is 0. The van der Waals surface area contributed by atoms with E-state index in [1.54, 1.807) is 0 Å². The lowest BCUT2D eigenvalue weighted by Gasteiger charge is -2.04. The Morgan fingerprint density at radius 1 is 1.11 bits per heavy atom. The minimum absolute atomic E-state index is 0.491. The highest BCUT2D eigenvalue weighted by atomic mass is 19.4. The topological polar surface area (TPSA) is 17.8 Å². The van der Waals surface area contributed by atoms with E-state index in [9.17, 15) is 13.2 Å². The molecular weight excluding hydrogens is 253 g/mol. The van der Waals surface area contributed by atoms with Crippen LogP contribution in [-0.2, 0) is 26.1 Å². The number of rotatable bonds is 4. The number of benzene rings is 1. The monoisotopic (exact) mass is 268 g/mol. The number of aryl methyl sites for hydroxylation is 3. The van der Waals surface area contributed by atoms with Gasteiger partial charge in [0.1, 0.15) is 5.69 Å². The van der Waals surface area contributed by atoms with Crippen molar-refractivity contribution in [3.63, 3.8) is 0 Å². The summed E-state index contributed by atoms with van der Waals surface area (Å²) in [5.41, 5.74) is 0.988. The van der Waals surface area contributed by atoms with Crippen LogP contribution in [0.25, 0.3) is 0 Å². The van der Waals surface area contributed by atoms with Crippen LogP contribution in [0, 0.1) is 0 Å². The minimum atomic E-state index is -4.33. The Kier molecular flexibility index (Phi) is 3.93. The molecule has 1 heterocycles. The molecule has 0 N–H and O–H groups in total. The second-order valence-electron chi connectivity index (χ2n) is 4.48. The van der Waals surface area contributed by atoms with Crippen molar-refractivity contribution in [3.8, 4) is 0 Å². The number of nitrogens with zero attached hydrogens (tertiary/aromatic N) is 2. The van der Waals surface area contributed by atoms with Gasteiger partial charge in [-0.3, -0.25) is 4.68 Å². The van der Waals surface area contributed by atoms with E-state index in [-0.39, 0.29) is 0 Å². The Labute approximate surface area is 109 Å². The van der Waals surface area contributed by atoms with E-state index in [2.05, 4.69) is 5.10 Å². The fourth-order valence-electron chi connectivity index (χ4n) is 2.03. The van der Waals surface area contributed by atoms with E-state index < -0.39 is 11.9 Å². The lowest BCUT2D eigenvalue weighted by molar-refractivity contribution is -0.143. The van der Waals surface area contributed by atoms with E-state index in [1.807, 2.05) is 30.3 Å². The summed E-state index contributed by atoms with van der Waals surface area (Å²) in [6.07, 6.45) is -2.14. The number of hydrogen-bond acceptors (Lipinski definition) is 1. The van der Waals surface area contributed by atoms with Gasteiger partial charge in [-0.05, 0) is 30.9 Å². The van der Waals surface area contributed by atoms with Gasteiger partial charge in [0.2, 0.25) is 0 Å². The summed E-state index contributed by atoms with van der Waals surface area (Å²) in [6.45, 7) is 0. The standard InChI is InChI=1S/C14H15F3N2/c1-19-13(14(15,16)17)10-12(18-19)9-5-8-11-6-3-2-4-7-11/h2-4,6-7,10H,5,8-9H2,1H3. The van der Waals surface area contributed by atoms with E-state index in [1.165, 1.54) is 12.6 Å². The third-order valence-corrected chi connectivity index (χ3v) is 2.96. The smallest absolute Gasteiger partial charge is 0.263 e. The molecule has 2 rings (SSSR count). The van der Waals surface area contributed by atoms with Crippen molar-refractivity contribution in [2.45, 2.75) is 25.4 Å². The van der Waals surface area contributed by atoms with Crippen LogP contribution in [0.5, 0.6) is 0 Å². The van der Waals surface area contributed by atoms with E-state index >= 15 is 0 Å². The fourth-order valence-corrected chi connectivity index (χ4v) is 2.03. The molecule has 1 aromatic heterocycles. The first-order valence-electron chi connectivity index (χ1n) is 6.11. The molecule has 0 amide bonds. The van der Waals surface area contributed by atoms with E-state index in [0.29, 0.717) is 12.1 Å². The lowest BCUT2D eigenvalue weighted by atomic mass is 10.1. The van der Waals surface area contributed by atoms with E-state index in [0.717, 1.165) is 23.6 Å². The maximum Gasteiger partial charge on any atom is 0.433 e. The lowest BCUT2D eigenvalue weighted by Crippen LogP contribution is -2.11. The van der Waals surface area contributed by atoms with Crippen LogP contribution < -0.4 is 0 Å². The molecule has 0 saturated carbocycles. The van der Waals surface area contributed by atoms with Gasteiger partial charge in [0.05, 0.1) is 5.69 Å². The van der Waals surface area contributed by atoms with Gasteiger partial charge < -0.3 is 0 Å². The van der Waals surface area contributed by atoms with Crippen LogP contribution >= 0.6 is 0 Å². The summed E-state index contributed by atoms with van der Waals surface area (Å²) in [6, 6.07) is 11.0. The Bertz CT molecular complexity index is 529. The second-order valence-corrected chi connectivity index (χ2v) is 4.48. The highest BCUT2D eigenvalue weighted by Gasteiger charge is 2.34. The van der Waals surface area contributed by atoms with Crippen LogP contribution in [0.3, 0.4) is 0 Å². The van der Waals surface area contributed by atoms with Crippen molar-refractivity contribution in [2.24, 2.45) is 7.05 Å². The predicted molar refractivity (Wildman–Crippen MR) is 66.7 cm³/mol. The van der Waals surface area contributed by atoms with Gasteiger partial charge in [-0.25, -0.2) is 0 Å². The maximum absolute atomic E-state index is 12.6. The summed E-state index contributed by atoms with van der Waals surface area (Å²) < 4.78 is 38.7. The zero-order chi connectivity index (χ0) is 13.9. The van der Waals surface area contributed by atoms with Crippen LogP contribution in [0.1, 0.15) is 23.4 Å². The summed E-state index contributed by atoms with van der Waals surface area (Å²) in [5, 5.41) is 3.90. The Morgan fingerprint density at radius 3 is 2.37 bits per heavy atom. The van der Waals surface area contributed by atoms with Gasteiger partial charge in [-0.2, -0.15) is 18.3 Å². The molecule has 0 unspecified atom stereocenters. The number of aromatic nitrogens is 2. The number of alkyl halides is 3. The Hall–Kier alpha value is -1.78. The zero-order valence-electron chi connectivity index (χ0n) is 10.6. The van der Waals surface area contributed by atoms with Gasteiger partial charge in [0.15, 0.2) is 0 Å². The molecule has 1 aromatic carbocycles. The van der Waals surface area contributed by atoms with Gasteiger partial charge in [0, 0.05) is 7.05 Å². The third kappa shape index (κ3) is 3.59. The average molecular weight is 268 g/mol. The molecule has 0 aliphatic carbocycles. The summed E-state index contributed by atoms with van der Waals surface area (Å²) in [4.78, 5) is 0. The Morgan fingerprint density at radius 2 is 1.79 bits per heavy atom.